The molecule has 9 nitrogen and oxygen atoms in total. The highest BCUT2D eigenvalue weighted by Crippen LogP contribution is 2.36. The first-order valence-corrected chi connectivity index (χ1v) is 8.78. The maximum atomic E-state index is 12.7. The number of aliphatic hydroxyl groups excluding tert-OH is 4. The first kappa shape index (κ1) is 20.6. The number of aliphatic hydroxyl groups is 4. The summed E-state index contributed by atoms with van der Waals surface area (Å²) in [5.41, 5.74) is 0.197. The standard InChI is InChI=1S/C19H24O9/c1-19(2)5-4-9-6-10(12(25-3)7-11(9)28-19)17(24)27-18-16(23)15(22)14(21)13(8-20)26-18/h4-7,13-16,18,20-23H,8H2,1-3H3/t13-,14-,15+,16-,18+/m1/s1. The van der Waals surface area contributed by atoms with Crippen molar-refractivity contribution in [1.29, 1.82) is 0 Å². The fourth-order valence-corrected chi connectivity index (χ4v) is 3.07. The third-order valence-corrected chi connectivity index (χ3v) is 4.66. The number of hydrogen-bond donors (Lipinski definition) is 4. The van der Waals surface area contributed by atoms with E-state index in [0.29, 0.717) is 11.3 Å². The van der Waals surface area contributed by atoms with Crippen LogP contribution in [-0.4, -0.2) is 76.4 Å². The number of methoxy groups -OCH3 is 1. The van der Waals surface area contributed by atoms with Gasteiger partial charge >= 0.3 is 5.97 Å². The van der Waals surface area contributed by atoms with E-state index in [9.17, 15) is 25.2 Å². The maximum absolute atomic E-state index is 12.7. The van der Waals surface area contributed by atoms with Gasteiger partial charge in [0.15, 0.2) is 0 Å². The third-order valence-electron chi connectivity index (χ3n) is 4.66. The van der Waals surface area contributed by atoms with Gasteiger partial charge in [-0.05, 0) is 26.0 Å². The Kier molecular flexibility index (Phi) is 5.64. The van der Waals surface area contributed by atoms with Gasteiger partial charge in [-0.1, -0.05) is 6.08 Å². The minimum atomic E-state index is -1.69. The molecule has 9 heteroatoms. The lowest BCUT2D eigenvalue weighted by atomic mass is 9.99. The van der Waals surface area contributed by atoms with Crippen molar-refractivity contribution in [2.24, 2.45) is 0 Å². The fraction of sp³-hybridized carbons (Fsp3) is 0.526. The van der Waals surface area contributed by atoms with Crippen LogP contribution in [0, 0.1) is 0 Å². The Morgan fingerprint density at radius 2 is 1.89 bits per heavy atom. The first-order valence-electron chi connectivity index (χ1n) is 8.78. The van der Waals surface area contributed by atoms with Crippen molar-refractivity contribution in [2.75, 3.05) is 13.7 Å². The summed E-state index contributed by atoms with van der Waals surface area (Å²) in [4.78, 5) is 12.7. The molecule has 0 unspecified atom stereocenters. The van der Waals surface area contributed by atoms with E-state index in [1.54, 1.807) is 6.07 Å². The molecular weight excluding hydrogens is 372 g/mol. The van der Waals surface area contributed by atoms with Crippen LogP contribution in [-0.2, 0) is 9.47 Å². The van der Waals surface area contributed by atoms with Crippen molar-refractivity contribution >= 4 is 12.0 Å². The Morgan fingerprint density at radius 3 is 2.54 bits per heavy atom. The molecule has 28 heavy (non-hydrogen) atoms. The van der Waals surface area contributed by atoms with E-state index in [1.807, 2.05) is 26.0 Å². The Morgan fingerprint density at radius 1 is 1.18 bits per heavy atom. The van der Waals surface area contributed by atoms with Crippen LogP contribution in [0.3, 0.4) is 0 Å². The van der Waals surface area contributed by atoms with Gasteiger partial charge in [0.2, 0.25) is 6.29 Å². The van der Waals surface area contributed by atoms with E-state index in [1.165, 1.54) is 13.2 Å². The molecule has 0 amide bonds. The van der Waals surface area contributed by atoms with Gasteiger partial charge in [-0.25, -0.2) is 4.79 Å². The molecule has 0 aromatic heterocycles. The number of hydrogen-bond acceptors (Lipinski definition) is 9. The molecule has 3 rings (SSSR count). The highest BCUT2D eigenvalue weighted by molar-refractivity contribution is 5.94. The summed E-state index contributed by atoms with van der Waals surface area (Å²) in [6.45, 7) is 3.15. The lowest BCUT2D eigenvalue weighted by Crippen LogP contribution is -2.59. The first-order chi connectivity index (χ1) is 13.2. The van der Waals surface area contributed by atoms with Crippen molar-refractivity contribution in [1.82, 2.24) is 0 Å². The molecule has 0 saturated carbocycles. The minimum absolute atomic E-state index is 0.0613. The Balaban J connectivity index is 1.84. The SMILES string of the molecule is COc1cc2c(cc1C(=O)O[C@@H]1O[C@H](CO)[C@@H](O)[C@H](O)[C@H]1O)C=CC(C)(C)O2. The molecule has 1 aromatic rings. The second-order valence-electron chi connectivity index (χ2n) is 7.23. The topological polar surface area (TPSA) is 135 Å². The van der Waals surface area contributed by atoms with E-state index in [-0.39, 0.29) is 11.3 Å². The molecule has 2 aliphatic heterocycles. The molecule has 4 N–H and O–H groups in total. The quantitative estimate of drug-likeness (QED) is 0.512. The summed E-state index contributed by atoms with van der Waals surface area (Å²) in [5, 5.41) is 38.9. The van der Waals surface area contributed by atoms with Gasteiger partial charge in [0, 0.05) is 11.6 Å². The van der Waals surface area contributed by atoms with E-state index in [0.717, 1.165) is 0 Å². The zero-order valence-corrected chi connectivity index (χ0v) is 15.7. The van der Waals surface area contributed by atoms with Crippen LogP contribution in [0.25, 0.3) is 6.08 Å². The molecule has 154 valence electrons. The van der Waals surface area contributed by atoms with Crippen molar-refractivity contribution in [2.45, 2.75) is 50.2 Å². The molecule has 0 radical (unpaired) electrons. The molecule has 1 fully saturated rings. The van der Waals surface area contributed by atoms with Gasteiger partial charge in [-0.15, -0.1) is 0 Å². The molecular formula is C19H24O9. The molecule has 0 aliphatic carbocycles. The number of ether oxygens (including phenoxy) is 4. The molecule has 1 aromatic carbocycles. The second-order valence-corrected chi connectivity index (χ2v) is 7.23. The molecule has 2 heterocycles. The van der Waals surface area contributed by atoms with E-state index in [4.69, 9.17) is 18.9 Å². The highest BCUT2D eigenvalue weighted by Gasteiger charge is 2.45. The molecule has 5 atom stereocenters. The van der Waals surface area contributed by atoms with Gasteiger partial charge in [-0.2, -0.15) is 0 Å². The van der Waals surface area contributed by atoms with Crippen LogP contribution in [0.15, 0.2) is 18.2 Å². The predicted octanol–water partition coefficient (Wildman–Crippen LogP) is -0.164. The number of benzene rings is 1. The van der Waals surface area contributed by atoms with Gasteiger partial charge in [0.1, 0.15) is 47.1 Å². The smallest absolute Gasteiger partial charge is 0.344 e. The largest absolute Gasteiger partial charge is 0.496 e. The van der Waals surface area contributed by atoms with Crippen LogP contribution in [0.2, 0.25) is 0 Å². The normalized spacial score (nSPS) is 30.9. The Bertz CT molecular complexity index is 771. The summed E-state index contributed by atoms with van der Waals surface area (Å²) >= 11 is 0. The van der Waals surface area contributed by atoms with Crippen molar-refractivity contribution in [3.8, 4) is 11.5 Å². The van der Waals surface area contributed by atoms with Crippen molar-refractivity contribution in [3.63, 3.8) is 0 Å². The van der Waals surface area contributed by atoms with Crippen LogP contribution in [0.5, 0.6) is 11.5 Å². The molecule has 2 aliphatic rings. The molecule has 0 bridgehead atoms. The maximum Gasteiger partial charge on any atom is 0.344 e. The predicted molar refractivity (Wildman–Crippen MR) is 95.9 cm³/mol. The van der Waals surface area contributed by atoms with Gasteiger partial charge in [0.25, 0.3) is 0 Å². The highest BCUT2D eigenvalue weighted by atomic mass is 16.7. The second kappa shape index (κ2) is 7.69. The summed E-state index contributed by atoms with van der Waals surface area (Å²) in [5.74, 6) is -0.143. The summed E-state index contributed by atoms with van der Waals surface area (Å²) < 4.78 is 21.5. The van der Waals surface area contributed by atoms with Gasteiger partial charge < -0.3 is 39.4 Å². The number of esters is 1. The molecule has 1 saturated heterocycles. The third kappa shape index (κ3) is 3.85. The van der Waals surface area contributed by atoms with Crippen LogP contribution in [0.1, 0.15) is 29.8 Å². The summed E-state index contributed by atoms with van der Waals surface area (Å²) in [6.07, 6.45) is -3.98. The summed E-state index contributed by atoms with van der Waals surface area (Å²) in [6, 6.07) is 3.08. The van der Waals surface area contributed by atoms with Crippen LogP contribution < -0.4 is 9.47 Å². The number of rotatable bonds is 4. The lowest BCUT2D eigenvalue weighted by Gasteiger charge is -2.39. The average molecular weight is 396 g/mol. The number of carbonyl (C=O) groups is 1. The van der Waals surface area contributed by atoms with Gasteiger partial charge in [0.05, 0.1) is 13.7 Å². The van der Waals surface area contributed by atoms with Crippen LogP contribution >= 0.6 is 0 Å². The zero-order valence-electron chi connectivity index (χ0n) is 15.7. The Hall–Kier alpha value is -2.17. The number of carbonyl (C=O) groups excluding carboxylic acids is 1. The Labute approximate surface area is 161 Å². The van der Waals surface area contributed by atoms with Crippen LogP contribution in [0.4, 0.5) is 0 Å². The minimum Gasteiger partial charge on any atom is -0.496 e. The lowest BCUT2D eigenvalue weighted by molar-refractivity contribution is -0.285. The van der Waals surface area contributed by atoms with E-state index >= 15 is 0 Å². The summed E-state index contributed by atoms with van der Waals surface area (Å²) in [7, 11) is 1.39. The zero-order chi connectivity index (χ0) is 20.6. The van der Waals surface area contributed by atoms with E-state index < -0.39 is 48.9 Å². The fourth-order valence-electron chi connectivity index (χ4n) is 3.07. The van der Waals surface area contributed by atoms with Gasteiger partial charge in [-0.3, -0.25) is 0 Å². The van der Waals surface area contributed by atoms with Crippen molar-refractivity contribution in [3.05, 3.63) is 29.3 Å². The molecule has 0 spiro atoms. The monoisotopic (exact) mass is 396 g/mol. The number of fused-ring (bicyclic) bond motifs is 1. The average Bonchev–Trinajstić information content (AvgIpc) is 2.66. The van der Waals surface area contributed by atoms with E-state index in [2.05, 4.69) is 0 Å². The van der Waals surface area contributed by atoms with Crippen molar-refractivity contribution < 1.29 is 44.2 Å².